The monoisotopic (exact) mass is 362 g/mol. The van der Waals surface area contributed by atoms with Gasteiger partial charge in [-0.1, -0.05) is 29.8 Å². The van der Waals surface area contributed by atoms with Crippen LogP contribution in [0.25, 0.3) is 11.1 Å². The molecule has 1 fully saturated rings. The molecule has 2 N–H and O–H groups in total. The van der Waals surface area contributed by atoms with Crippen LogP contribution in [0.2, 0.25) is 5.02 Å². The third-order valence-electron chi connectivity index (χ3n) is 4.28. The molecule has 0 radical (unpaired) electrons. The molecule has 0 aromatic heterocycles. The van der Waals surface area contributed by atoms with Crippen molar-refractivity contribution < 1.29 is 13.9 Å². The molecule has 25 heavy (non-hydrogen) atoms. The lowest BCUT2D eigenvalue weighted by Gasteiger charge is -2.33. The van der Waals surface area contributed by atoms with Crippen LogP contribution in [0.5, 0.6) is 0 Å². The summed E-state index contributed by atoms with van der Waals surface area (Å²) >= 11 is 5.86. The SMILES string of the molecule is NCCC1CN(C(=O)c2cccc(-c3ccc(F)c(Cl)c3)c2)CCO1. The number of amides is 1. The second-order valence-electron chi connectivity index (χ2n) is 6.03. The van der Waals surface area contributed by atoms with E-state index >= 15 is 0 Å². The maximum atomic E-state index is 13.4. The second-order valence-corrected chi connectivity index (χ2v) is 6.44. The molecule has 132 valence electrons. The number of benzene rings is 2. The fourth-order valence-electron chi connectivity index (χ4n) is 2.95. The molecule has 0 aliphatic carbocycles. The van der Waals surface area contributed by atoms with Gasteiger partial charge in [0.15, 0.2) is 0 Å². The van der Waals surface area contributed by atoms with E-state index in [0.29, 0.717) is 31.8 Å². The van der Waals surface area contributed by atoms with Crippen molar-refractivity contribution in [3.63, 3.8) is 0 Å². The average molecular weight is 363 g/mol. The summed E-state index contributed by atoms with van der Waals surface area (Å²) in [6, 6.07) is 11.8. The highest BCUT2D eigenvalue weighted by Gasteiger charge is 2.24. The van der Waals surface area contributed by atoms with E-state index in [1.807, 2.05) is 12.1 Å². The van der Waals surface area contributed by atoms with Gasteiger partial charge in [-0.25, -0.2) is 4.39 Å². The summed E-state index contributed by atoms with van der Waals surface area (Å²) in [7, 11) is 0. The number of nitrogens with zero attached hydrogens (tertiary/aromatic N) is 1. The van der Waals surface area contributed by atoms with Crippen LogP contribution in [-0.2, 0) is 4.74 Å². The van der Waals surface area contributed by atoms with E-state index in [0.717, 1.165) is 17.5 Å². The Bertz CT molecular complexity index is 767. The van der Waals surface area contributed by atoms with Crippen molar-refractivity contribution in [1.29, 1.82) is 0 Å². The Labute approximate surface area is 151 Å². The molecule has 1 aliphatic heterocycles. The number of carbonyl (C=O) groups is 1. The van der Waals surface area contributed by atoms with Gasteiger partial charge in [-0.15, -0.1) is 0 Å². The lowest BCUT2D eigenvalue weighted by molar-refractivity contribution is -0.0236. The Balaban J connectivity index is 1.80. The smallest absolute Gasteiger partial charge is 0.254 e. The second kappa shape index (κ2) is 7.95. The fourth-order valence-corrected chi connectivity index (χ4v) is 3.13. The molecule has 1 amide bonds. The van der Waals surface area contributed by atoms with Gasteiger partial charge in [0.25, 0.3) is 5.91 Å². The summed E-state index contributed by atoms with van der Waals surface area (Å²) in [5.74, 6) is -0.503. The van der Waals surface area contributed by atoms with Gasteiger partial charge in [-0.2, -0.15) is 0 Å². The van der Waals surface area contributed by atoms with Crippen molar-refractivity contribution >= 4 is 17.5 Å². The highest BCUT2D eigenvalue weighted by molar-refractivity contribution is 6.31. The van der Waals surface area contributed by atoms with Crippen LogP contribution < -0.4 is 5.73 Å². The summed E-state index contributed by atoms with van der Waals surface area (Å²) in [6.07, 6.45) is 0.722. The molecule has 3 rings (SSSR count). The molecule has 1 aliphatic rings. The summed E-state index contributed by atoms with van der Waals surface area (Å²) < 4.78 is 19.0. The summed E-state index contributed by atoms with van der Waals surface area (Å²) in [5.41, 5.74) is 7.75. The Morgan fingerprint density at radius 2 is 2.08 bits per heavy atom. The molecule has 1 atom stereocenters. The van der Waals surface area contributed by atoms with Gasteiger partial charge in [0.1, 0.15) is 5.82 Å². The predicted octanol–water partition coefficient (Wildman–Crippen LogP) is 3.34. The predicted molar refractivity (Wildman–Crippen MR) is 96.2 cm³/mol. The normalized spacial score (nSPS) is 17.6. The highest BCUT2D eigenvalue weighted by atomic mass is 35.5. The number of halogens is 2. The molecule has 0 bridgehead atoms. The topological polar surface area (TPSA) is 55.6 Å². The van der Waals surface area contributed by atoms with E-state index in [1.165, 1.54) is 6.07 Å². The molecule has 0 saturated carbocycles. The standard InChI is InChI=1S/C19H20ClFN2O2/c20-17-11-14(4-5-18(17)21)13-2-1-3-15(10-13)19(24)23-8-9-25-16(12-23)6-7-22/h1-5,10-11,16H,6-9,12,22H2. The van der Waals surface area contributed by atoms with E-state index in [-0.39, 0.29) is 17.0 Å². The Kier molecular flexibility index (Phi) is 5.68. The minimum Gasteiger partial charge on any atom is -0.374 e. The Morgan fingerprint density at radius 3 is 2.84 bits per heavy atom. The molecule has 1 saturated heterocycles. The van der Waals surface area contributed by atoms with E-state index < -0.39 is 5.82 Å². The van der Waals surface area contributed by atoms with Gasteiger partial charge < -0.3 is 15.4 Å². The largest absolute Gasteiger partial charge is 0.374 e. The first kappa shape index (κ1) is 17.9. The van der Waals surface area contributed by atoms with E-state index in [4.69, 9.17) is 22.1 Å². The van der Waals surface area contributed by atoms with Gasteiger partial charge in [-0.05, 0) is 48.4 Å². The molecule has 1 heterocycles. The van der Waals surface area contributed by atoms with E-state index in [9.17, 15) is 9.18 Å². The van der Waals surface area contributed by atoms with Crippen LogP contribution in [-0.4, -0.2) is 43.2 Å². The molecular weight excluding hydrogens is 343 g/mol. The zero-order valence-corrected chi connectivity index (χ0v) is 14.5. The zero-order valence-electron chi connectivity index (χ0n) is 13.8. The van der Waals surface area contributed by atoms with Crippen molar-refractivity contribution in [1.82, 2.24) is 4.90 Å². The molecule has 1 unspecified atom stereocenters. The van der Waals surface area contributed by atoms with Crippen LogP contribution in [0, 0.1) is 5.82 Å². The molecule has 0 spiro atoms. The third kappa shape index (κ3) is 4.18. The number of rotatable bonds is 4. The third-order valence-corrected chi connectivity index (χ3v) is 4.57. The van der Waals surface area contributed by atoms with Crippen LogP contribution >= 0.6 is 11.6 Å². The van der Waals surface area contributed by atoms with Crippen LogP contribution in [0.15, 0.2) is 42.5 Å². The first-order valence-electron chi connectivity index (χ1n) is 8.25. The summed E-state index contributed by atoms with van der Waals surface area (Å²) in [5, 5.41) is 0.0621. The quantitative estimate of drug-likeness (QED) is 0.907. The van der Waals surface area contributed by atoms with Gasteiger partial charge in [-0.3, -0.25) is 4.79 Å². The van der Waals surface area contributed by atoms with Crippen LogP contribution in [0.1, 0.15) is 16.8 Å². The zero-order chi connectivity index (χ0) is 17.8. The van der Waals surface area contributed by atoms with Crippen molar-refractivity contribution in [2.75, 3.05) is 26.2 Å². The van der Waals surface area contributed by atoms with E-state index in [1.54, 1.807) is 29.2 Å². The summed E-state index contributed by atoms with van der Waals surface area (Å²) in [6.45, 7) is 2.16. The number of hydrogen-bond acceptors (Lipinski definition) is 3. The minimum absolute atomic E-state index is 0.0122. The van der Waals surface area contributed by atoms with Gasteiger partial charge in [0.2, 0.25) is 0 Å². The molecule has 2 aromatic carbocycles. The number of carbonyl (C=O) groups excluding carboxylic acids is 1. The number of ether oxygens (including phenoxy) is 1. The number of hydrogen-bond donors (Lipinski definition) is 1. The highest BCUT2D eigenvalue weighted by Crippen LogP contribution is 2.26. The van der Waals surface area contributed by atoms with Crippen molar-refractivity contribution in [2.45, 2.75) is 12.5 Å². The van der Waals surface area contributed by atoms with Crippen LogP contribution in [0.4, 0.5) is 4.39 Å². The van der Waals surface area contributed by atoms with Crippen molar-refractivity contribution in [2.24, 2.45) is 5.73 Å². The number of morpholine rings is 1. The average Bonchev–Trinajstić information content (AvgIpc) is 2.64. The molecule has 6 heteroatoms. The maximum absolute atomic E-state index is 13.4. The Hall–Kier alpha value is -1.95. The molecule has 2 aromatic rings. The number of nitrogens with two attached hydrogens (primary N) is 1. The lowest BCUT2D eigenvalue weighted by Crippen LogP contribution is -2.46. The lowest BCUT2D eigenvalue weighted by atomic mass is 10.0. The van der Waals surface area contributed by atoms with Gasteiger partial charge >= 0.3 is 0 Å². The fraction of sp³-hybridized carbons (Fsp3) is 0.316. The van der Waals surface area contributed by atoms with Crippen molar-refractivity contribution in [3.8, 4) is 11.1 Å². The first-order chi connectivity index (χ1) is 12.1. The van der Waals surface area contributed by atoms with Gasteiger partial charge in [0.05, 0.1) is 17.7 Å². The van der Waals surface area contributed by atoms with Gasteiger partial charge in [0, 0.05) is 18.7 Å². The first-order valence-corrected chi connectivity index (χ1v) is 8.62. The van der Waals surface area contributed by atoms with E-state index in [2.05, 4.69) is 0 Å². The Morgan fingerprint density at radius 1 is 1.28 bits per heavy atom. The molecule has 4 nitrogen and oxygen atoms in total. The van der Waals surface area contributed by atoms with Crippen LogP contribution in [0.3, 0.4) is 0 Å². The summed E-state index contributed by atoms with van der Waals surface area (Å²) in [4.78, 5) is 14.6. The van der Waals surface area contributed by atoms with Crippen molar-refractivity contribution in [3.05, 3.63) is 58.9 Å². The molecular formula is C19H20ClFN2O2. The maximum Gasteiger partial charge on any atom is 0.254 e. The minimum atomic E-state index is -0.461.